The zero-order valence-corrected chi connectivity index (χ0v) is 13.7. The molecule has 2 rings (SSSR count). The number of carbonyl (C=O) groups is 1. The van der Waals surface area contributed by atoms with Gasteiger partial charge in [0.15, 0.2) is 5.96 Å². The molecule has 1 aliphatic rings. The molecule has 4 N–H and O–H groups in total. The topological polar surface area (TPSA) is 84.7 Å². The van der Waals surface area contributed by atoms with Crippen LogP contribution in [-0.4, -0.2) is 29.9 Å². The molecule has 1 fully saturated rings. The van der Waals surface area contributed by atoms with Crippen LogP contribution >= 0.6 is 24.0 Å². The third kappa shape index (κ3) is 4.66. The quantitative estimate of drug-likeness (QED) is 0.470. The summed E-state index contributed by atoms with van der Waals surface area (Å²) in [6.45, 7) is 2.44. The number of hydrogen-bond acceptors (Lipinski definition) is 2. The van der Waals surface area contributed by atoms with Gasteiger partial charge in [0.2, 0.25) is 5.91 Å². The molecule has 1 aromatic carbocycles. The summed E-state index contributed by atoms with van der Waals surface area (Å²) in [4.78, 5) is 17.6. The number of likely N-dealkylation sites (tertiary alicyclic amines) is 1. The molecule has 0 spiro atoms. The second-order valence-corrected chi connectivity index (χ2v) is 4.79. The Labute approximate surface area is 136 Å². The van der Waals surface area contributed by atoms with Crippen LogP contribution in [0.4, 0.5) is 0 Å². The first-order valence-corrected chi connectivity index (χ1v) is 6.60. The number of rotatable bonds is 3. The zero-order chi connectivity index (χ0) is 13.7. The van der Waals surface area contributed by atoms with Crippen molar-refractivity contribution >= 4 is 35.8 Å². The molecule has 6 heteroatoms. The Kier molecular flexibility index (Phi) is 6.77. The molecule has 0 unspecified atom stereocenters. The first-order chi connectivity index (χ1) is 9.16. The van der Waals surface area contributed by atoms with Crippen molar-refractivity contribution in [3.8, 4) is 0 Å². The minimum atomic E-state index is -0.421. The minimum absolute atomic E-state index is 0. The summed E-state index contributed by atoms with van der Waals surface area (Å²) >= 11 is 0. The molecule has 0 bridgehead atoms. The van der Waals surface area contributed by atoms with Gasteiger partial charge >= 0.3 is 0 Å². The van der Waals surface area contributed by atoms with E-state index in [2.05, 4.69) is 9.89 Å². The second kappa shape index (κ2) is 8.08. The van der Waals surface area contributed by atoms with E-state index >= 15 is 0 Å². The molecule has 0 radical (unpaired) electrons. The lowest BCUT2D eigenvalue weighted by Gasteiger charge is -2.27. The first kappa shape index (κ1) is 16.7. The van der Waals surface area contributed by atoms with E-state index in [1.165, 1.54) is 19.3 Å². The predicted molar refractivity (Wildman–Crippen MR) is 91.1 cm³/mol. The van der Waals surface area contributed by atoms with Crippen molar-refractivity contribution in [3.05, 3.63) is 35.4 Å². The Hall–Kier alpha value is -1.31. The van der Waals surface area contributed by atoms with Gasteiger partial charge in [-0.05, 0) is 37.0 Å². The number of guanidine groups is 1. The summed E-state index contributed by atoms with van der Waals surface area (Å²) in [5, 5.41) is 0. The normalized spacial score (nSPS) is 15.6. The van der Waals surface area contributed by atoms with Crippen molar-refractivity contribution in [2.24, 2.45) is 16.5 Å². The highest BCUT2D eigenvalue weighted by atomic mass is 127. The van der Waals surface area contributed by atoms with Crippen molar-refractivity contribution in [2.45, 2.75) is 25.8 Å². The van der Waals surface area contributed by atoms with E-state index in [0.29, 0.717) is 18.1 Å². The van der Waals surface area contributed by atoms with E-state index in [1.807, 2.05) is 12.1 Å². The lowest BCUT2D eigenvalue weighted by Crippen LogP contribution is -2.40. The number of nitrogens with two attached hydrogens (primary N) is 2. The lowest BCUT2D eigenvalue weighted by atomic mass is 10.1. The molecule has 0 atom stereocenters. The number of amides is 1. The maximum Gasteiger partial charge on any atom is 0.248 e. The molecular formula is C14H21IN4O. The van der Waals surface area contributed by atoms with Gasteiger partial charge in [-0.25, -0.2) is 4.99 Å². The number of primary amides is 1. The number of carbonyl (C=O) groups excluding carboxylic acids is 1. The van der Waals surface area contributed by atoms with Gasteiger partial charge in [-0.2, -0.15) is 0 Å². The number of benzene rings is 1. The van der Waals surface area contributed by atoms with Gasteiger partial charge < -0.3 is 16.4 Å². The summed E-state index contributed by atoms with van der Waals surface area (Å²) in [6.07, 6.45) is 3.62. The fourth-order valence-electron chi connectivity index (χ4n) is 2.22. The molecule has 1 saturated heterocycles. The number of halogens is 1. The largest absolute Gasteiger partial charge is 0.370 e. The van der Waals surface area contributed by atoms with Crippen LogP contribution in [0.5, 0.6) is 0 Å². The Morgan fingerprint density at radius 3 is 2.55 bits per heavy atom. The number of nitrogens with zero attached hydrogens (tertiary/aromatic N) is 2. The SMILES string of the molecule is I.NC(=O)c1cccc(CN=C(N)N2CCCCC2)c1. The van der Waals surface area contributed by atoms with Gasteiger partial charge in [-0.3, -0.25) is 4.79 Å². The van der Waals surface area contributed by atoms with Crippen LogP contribution in [0.1, 0.15) is 35.2 Å². The molecule has 1 amide bonds. The zero-order valence-electron chi connectivity index (χ0n) is 11.4. The average Bonchev–Trinajstić information content (AvgIpc) is 2.46. The van der Waals surface area contributed by atoms with Gasteiger partial charge in [0.25, 0.3) is 0 Å². The minimum Gasteiger partial charge on any atom is -0.370 e. The molecule has 1 aliphatic heterocycles. The number of aliphatic imine (C=N–C) groups is 1. The Balaban J connectivity index is 0.00000200. The molecule has 0 saturated carbocycles. The van der Waals surface area contributed by atoms with Gasteiger partial charge in [-0.15, -0.1) is 24.0 Å². The van der Waals surface area contributed by atoms with E-state index in [-0.39, 0.29) is 24.0 Å². The lowest BCUT2D eigenvalue weighted by molar-refractivity contribution is 0.1000. The fourth-order valence-corrected chi connectivity index (χ4v) is 2.22. The summed E-state index contributed by atoms with van der Waals surface area (Å²) in [7, 11) is 0. The number of hydrogen-bond donors (Lipinski definition) is 2. The Morgan fingerprint density at radius 1 is 1.20 bits per heavy atom. The van der Waals surface area contributed by atoms with E-state index in [4.69, 9.17) is 11.5 Å². The van der Waals surface area contributed by atoms with Crippen LogP contribution in [0, 0.1) is 0 Å². The Bertz CT molecular complexity index is 484. The van der Waals surface area contributed by atoms with Crippen LogP contribution < -0.4 is 11.5 Å². The van der Waals surface area contributed by atoms with Crippen LogP contribution in [-0.2, 0) is 6.54 Å². The van der Waals surface area contributed by atoms with Gasteiger partial charge in [0, 0.05) is 18.7 Å². The molecule has 0 aliphatic carbocycles. The smallest absolute Gasteiger partial charge is 0.248 e. The van der Waals surface area contributed by atoms with E-state index in [1.54, 1.807) is 12.1 Å². The molecule has 1 heterocycles. The van der Waals surface area contributed by atoms with Crippen LogP contribution in [0.2, 0.25) is 0 Å². The molecule has 20 heavy (non-hydrogen) atoms. The highest BCUT2D eigenvalue weighted by Gasteiger charge is 2.11. The standard InChI is InChI=1S/C14H20N4O.HI/c15-13(19)12-6-4-5-11(9-12)10-17-14(16)18-7-2-1-3-8-18;/h4-6,9H,1-3,7-8,10H2,(H2,15,19)(H2,16,17);1H. The molecular weight excluding hydrogens is 367 g/mol. The van der Waals surface area contributed by atoms with Crippen LogP contribution in [0.15, 0.2) is 29.3 Å². The third-order valence-electron chi connectivity index (χ3n) is 3.32. The third-order valence-corrected chi connectivity index (χ3v) is 3.32. The van der Waals surface area contributed by atoms with Crippen molar-refractivity contribution in [1.82, 2.24) is 4.90 Å². The monoisotopic (exact) mass is 388 g/mol. The van der Waals surface area contributed by atoms with Crippen molar-refractivity contribution < 1.29 is 4.79 Å². The van der Waals surface area contributed by atoms with Crippen molar-refractivity contribution in [2.75, 3.05) is 13.1 Å². The van der Waals surface area contributed by atoms with Crippen LogP contribution in [0.25, 0.3) is 0 Å². The van der Waals surface area contributed by atoms with Gasteiger partial charge in [0.1, 0.15) is 0 Å². The van der Waals surface area contributed by atoms with E-state index < -0.39 is 5.91 Å². The van der Waals surface area contributed by atoms with Crippen molar-refractivity contribution in [1.29, 1.82) is 0 Å². The highest BCUT2D eigenvalue weighted by Crippen LogP contribution is 2.09. The highest BCUT2D eigenvalue weighted by molar-refractivity contribution is 14.0. The maximum absolute atomic E-state index is 11.1. The van der Waals surface area contributed by atoms with Crippen LogP contribution in [0.3, 0.4) is 0 Å². The molecule has 0 aromatic heterocycles. The number of piperidine rings is 1. The molecule has 1 aromatic rings. The summed E-state index contributed by atoms with van der Waals surface area (Å²) in [5.41, 5.74) is 12.7. The van der Waals surface area contributed by atoms with Crippen molar-refractivity contribution in [3.63, 3.8) is 0 Å². The molecule has 110 valence electrons. The summed E-state index contributed by atoms with van der Waals surface area (Å²) in [5.74, 6) is 0.166. The Morgan fingerprint density at radius 2 is 1.90 bits per heavy atom. The molecule has 5 nitrogen and oxygen atoms in total. The second-order valence-electron chi connectivity index (χ2n) is 4.79. The summed E-state index contributed by atoms with van der Waals surface area (Å²) < 4.78 is 0. The fraction of sp³-hybridized carbons (Fsp3) is 0.429. The maximum atomic E-state index is 11.1. The van der Waals surface area contributed by atoms with Gasteiger partial charge in [0.05, 0.1) is 6.54 Å². The van der Waals surface area contributed by atoms with E-state index in [9.17, 15) is 4.79 Å². The van der Waals surface area contributed by atoms with E-state index in [0.717, 1.165) is 18.7 Å². The summed E-state index contributed by atoms with van der Waals surface area (Å²) in [6, 6.07) is 7.18. The predicted octanol–water partition coefficient (Wildman–Crippen LogP) is 1.70. The van der Waals surface area contributed by atoms with Gasteiger partial charge in [-0.1, -0.05) is 12.1 Å². The average molecular weight is 388 g/mol. The first-order valence-electron chi connectivity index (χ1n) is 6.60.